The van der Waals surface area contributed by atoms with Crippen LogP contribution in [-0.4, -0.2) is 38.1 Å². The van der Waals surface area contributed by atoms with Crippen molar-refractivity contribution in [1.29, 1.82) is 0 Å². The minimum absolute atomic E-state index is 0.189. The van der Waals surface area contributed by atoms with Crippen molar-refractivity contribution < 1.29 is 38.1 Å². The third-order valence-corrected chi connectivity index (χ3v) is 3.34. The standard InChI is InChI=1S/C20H16O8/c1-25-19(23)13-3-7-15(8-4-13)27-17(21)11-12-18(22)28-16-9-5-14(6-10-16)20(24)26-2/h3-12H,1-2H3. The third-order valence-electron chi connectivity index (χ3n) is 3.34. The highest BCUT2D eigenvalue weighted by Gasteiger charge is 2.08. The molecular weight excluding hydrogens is 368 g/mol. The van der Waals surface area contributed by atoms with Crippen LogP contribution < -0.4 is 9.47 Å². The highest BCUT2D eigenvalue weighted by molar-refractivity contribution is 5.94. The fraction of sp³-hybridized carbons (Fsp3) is 0.100. The molecule has 0 N–H and O–H groups in total. The molecule has 0 fully saturated rings. The Labute approximate surface area is 160 Å². The molecule has 0 heterocycles. The molecule has 2 rings (SSSR count). The van der Waals surface area contributed by atoms with E-state index in [-0.39, 0.29) is 11.5 Å². The maximum atomic E-state index is 11.7. The number of carbonyl (C=O) groups excluding carboxylic acids is 4. The molecule has 8 heteroatoms. The number of rotatable bonds is 6. The van der Waals surface area contributed by atoms with Crippen LogP contribution >= 0.6 is 0 Å². The fourth-order valence-corrected chi connectivity index (χ4v) is 1.99. The maximum Gasteiger partial charge on any atom is 0.337 e. The largest absolute Gasteiger partial charge is 0.465 e. The molecule has 144 valence electrons. The molecule has 0 saturated carbocycles. The topological polar surface area (TPSA) is 105 Å². The van der Waals surface area contributed by atoms with E-state index in [9.17, 15) is 19.2 Å². The van der Waals surface area contributed by atoms with Gasteiger partial charge in [0.15, 0.2) is 0 Å². The summed E-state index contributed by atoms with van der Waals surface area (Å²) in [5.74, 6) is -2.25. The zero-order valence-electron chi connectivity index (χ0n) is 15.0. The van der Waals surface area contributed by atoms with Gasteiger partial charge in [-0.2, -0.15) is 0 Å². The van der Waals surface area contributed by atoms with Crippen LogP contribution in [0.15, 0.2) is 60.7 Å². The van der Waals surface area contributed by atoms with Crippen molar-refractivity contribution in [3.63, 3.8) is 0 Å². The van der Waals surface area contributed by atoms with Gasteiger partial charge in [0.05, 0.1) is 25.3 Å². The fourth-order valence-electron chi connectivity index (χ4n) is 1.99. The second-order valence-corrected chi connectivity index (χ2v) is 5.21. The predicted octanol–water partition coefficient (Wildman–Crippen LogP) is 2.33. The highest BCUT2D eigenvalue weighted by atomic mass is 16.5. The molecule has 0 saturated heterocycles. The second kappa shape index (κ2) is 9.67. The quantitative estimate of drug-likeness (QED) is 0.424. The average Bonchev–Trinajstić information content (AvgIpc) is 2.72. The van der Waals surface area contributed by atoms with Crippen molar-refractivity contribution in [2.24, 2.45) is 0 Å². The van der Waals surface area contributed by atoms with Gasteiger partial charge >= 0.3 is 23.9 Å². The average molecular weight is 384 g/mol. The summed E-state index contributed by atoms with van der Waals surface area (Å²) in [7, 11) is 2.52. The lowest BCUT2D eigenvalue weighted by molar-refractivity contribution is -0.131. The molecule has 0 aliphatic heterocycles. The molecule has 8 nitrogen and oxygen atoms in total. The molecule has 0 spiro atoms. The van der Waals surface area contributed by atoms with Gasteiger partial charge in [0.1, 0.15) is 11.5 Å². The third kappa shape index (κ3) is 5.80. The van der Waals surface area contributed by atoms with Crippen molar-refractivity contribution >= 4 is 23.9 Å². The summed E-state index contributed by atoms with van der Waals surface area (Å²) in [4.78, 5) is 46.1. The lowest BCUT2D eigenvalue weighted by atomic mass is 10.2. The first-order valence-electron chi connectivity index (χ1n) is 7.91. The number of hydrogen-bond acceptors (Lipinski definition) is 8. The van der Waals surface area contributed by atoms with Crippen molar-refractivity contribution in [2.45, 2.75) is 0 Å². The number of methoxy groups -OCH3 is 2. The zero-order chi connectivity index (χ0) is 20.5. The van der Waals surface area contributed by atoms with E-state index in [4.69, 9.17) is 9.47 Å². The summed E-state index contributed by atoms with van der Waals surface area (Å²) in [5, 5.41) is 0. The summed E-state index contributed by atoms with van der Waals surface area (Å²) in [6.45, 7) is 0. The first kappa shape index (κ1) is 20.4. The van der Waals surface area contributed by atoms with Gasteiger partial charge in [-0.25, -0.2) is 19.2 Å². The van der Waals surface area contributed by atoms with Crippen LogP contribution in [0.25, 0.3) is 0 Å². The van der Waals surface area contributed by atoms with Crippen LogP contribution in [0.5, 0.6) is 11.5 Å². The van der Waals surface area contributed by atoms with Crippen LogP contribution in [0, 0.1) is 0 Å². The van der Waals surface area contributed by atoms with Crippen molar-refractivity contribution in [3.8, 4) is 11.5 Å². The van der Waals surface area contributed by atoms with Crippen molar-refractivity contribution in [3.05, 3.63) is 71.8 Å². The van der Waals surface area contributed by atoms with E-state index in [0.29, 0.717) is 11.1 Å². The van der Waals surface area contributed by atoms with Crippen LogP contribution in [0.4, 0.5) is 0 Å². The van der Waals surface area contributed by atoms with E-state index in [2.05, 4.69) is 9.47 Å². The number of ether oxygens (including phenoxy) is 4. The molecule has 0 aliphatic carbocycles. The minimum atomic E-state index is -0.802. The van der Waals surface area contributed by atoms with E-state index in [1.807, 2.05) is 0 Å². The molecule has 0 radical (unpaired) electrons. The minimum Gasteiger partial charge on any atom is -0.465 e. The summed E-state index contributed by atoms with van der Waals surface area (Å²) >= 11 is 0. The van der Waals surface area contributed by atoms with Gasteiger partial charge in [0.2, 0.25) is 0 Å². The first-order valence-corrected chi connectivity index (χ1v) is 7.91. The maximum absolute atomic E-state index is 11.7. The van der Waals surface area contributed by atoms with Gasteiger partial charge in [0.25, 0.3) is 0 Å². The number of benzene rings is 2. The van der Waals surface area contributed by atoms with E-state index in [1.165, 1.54) is 62.8 Å². The Bertz CT molecular complexity index is 819. The van der Waals surface area contributed by atoms with Crippen molar-refractivity contribution in [2.75, 3.05) is 14.2 Å². The summed E-state index contributed by atoms with van der Waals surface area (Å²) in [6.07, 6.45) is 1.80. The summed E-state index contributed by atoms with van der Waals surface area (Å²) in [5.41, 5.74) is 0.610. The Balaban J connectivity index is 1.88. The van der Waals surface area contributed by atoms with Crippen LogP contribution in [0.1, 0.15) is 20.7 Å². The van der Waals surface area contributed by atoms with Crippen LogP contribution in [0.2, 0.25) is 0 Å². The lowest BCUT2D eigenvalue weighted by Gasteiger charge is -2.04. The Morgan fingerprint density at radius 1 is 0.607 bits per heavy atom. The molecular formula is C20H16O8. The highest BCUT2D eigenvalue weighted by Crippen LogP contribution is 2.14. The zero-order valence-corrected chi connectivity index (χ0v) is 15.0. The molecule has 0 aromatic heterocycles. The number of hydrogen-bond donors (Lipinski definition) is 0. The monoisotopic (exact) mass is 384 g/mol. The van der Waals surface area contributed by atoms with Gasteiger partial charge < -0.3 is 18.9 Å². The first-order chi connectivity index (χ1) is 13.4. The Hall–Kier alpha value is -3.94. The van der Waals surface area contributed by atoms with Gasteiger partial charge in [-0.05, 0) is 48.5 Å². The molecule has 28 heavy (non-hydrogen) atoms. The normalized spacial score (nSPS) is 10.2. The molecule has 0 amide bonds. The number of carbonyl (C=O) groups is 4. The van der Waals surface area contributed by atoms with Gasteiger partial charge in [-0.1, -0.05) is 0 Å². The summed E-state index contributed by atoms with van der Waals surface area (Å²) < 4.78 is 19.1. The van der Waals surface area contributed by atoms with Gasteiger partial charge in [-0.15, -0.1) is 0 Å². The smallest absolute Gasteiger partial charge is 0.337 e. The van der Waals surface area contributed by atoms with Crippen molar-refractivity contribution in [1.82, 2.24) is 0 Å². The second-order valence-electron chi connectivity index (χ2n) is 5.21. The lowest BCUT2D eigenvalue weighted by Crippen LogP contribution is -2.09. The van der Waals surface area contributed by atoms with Crippen LogP contribution in [-0.2, 0) is 19.1 Å². The Kier molecular flexibility index (Phi) is 7.04. The van der Waals surface area contributed by atoms with E-state index >= 15 is 0 Å². The Morgan fingerprint density at radius 3 is 1.21 bits per heavy atom. The van der Waals surface area contributed by atoms with E-state index < -0.39 is 23.9 Å². The molecule has 2 aromatic rings. The Morgan fingerprint density at radius 2 is 0.929 bits per heavy atom. The van der Waals surface area contributed by atoms with Crippen LogP contribution in [0.3, 0.4) is 0 Å². The SMILES string of the molecule is COC(=O)c1ccc(OC(=O)C=CC(=O)Oc2ccc(C(=O)OC)cc2)cc1. The molecule has 0 bridgehead atoms. The van der Waals surface area contributed by atoms with Gasteiger partial charge in [0, 0.05) is 12.2 Å². The molecule has 2 aromatic carbocycles. The number of esters is 4. The van der Waals surface area contributed by atoms with Gasteiger partial charge in [-0.3, -0.25) is 0 Å². The predicted molar refractivity (Wildman–Crippen MR) is 96.0 cm³/mol. The van der Waals surface area contributed by atoms with E-state index in [1.54, 1.807) is 0 Å². The van der Waals surface area contributed by atoms with E-state index in [0.717, 1.165) is 12.2 Å². The molecule has 0 unspecified atom stereocenters. The molecule has 0 aliphatic rings. The summed E-state index contributed by atoms with van der Waals surface area (Å²) in [6, 6.07) is 11.4. The molecule has 0 atom stereocenters.